The lowest BCUT2D eigenvalue weighted by Gasteiger charge is -2.30. The van der Waals surface area contributed by atoms with Crippen LogP contribution in [0, 0.1) is 11.7 Å². The van der Waals surface area contributed by atoms with E-state index in [4.69, 9.17) is 17.3 Å². The van der Waals surface area contributed by atoms with Gasteiger partial charge in [0.15, 0.2) is 0 Å². The SMILES string of the molecule is Cl.NCC1CCN(S(=O)(=O)c2cc(Cl)ccc2F)CC1. The maximum atomic E-state index is 13.7. The van der Waals surface area contributed by atoms with Gasteiger partial charge in [0.25, 0.3) is 0 Å². The Balaban J connectivity index is 0.00000200. The van der Waals surface area contributed by atoms with Crippen LogP contribution in [0.2, 0.25) is 5.02 Å². The number of piperidine rings is 1. The molecule has 0 radical (unpaired) electrons. The molecule has 1 saturated heterocycles. The zero-order chi connectivity index (χ0) is 14.0. The number of benzene rings is 1. The fourth-order valence-electron chi connectivity index (χ4n) is 2.20. The minimum Gasteiger partial charge on any atom is -0.330 e. The van der Waals surface area contributed by atoms with Crippen LogP contribution in [0.4, 0.5) is 4.39 Å². The Morgan fingerprint density at radius 1 is 1.35 bits per heavy atom. The van der Waals surface area contributed by atoms with E-state index < -0.39 is 15.8 Å². The number of rotatable bonds is 3. The first-order valence-corrected chi connectivity index (χ1v) is 7.92. The molecule has 1 aliphatic rings. The van der Waals surface area contributed by atoms with Gasteiger partial charge in [-0.05, 0) is 43.5 Å². The summed E-state index contributed by atoms with van der Waals surface area (Å²) in [6, 6.07) is 3.56. The number of hydrogen-bond acceptors (Lipinski definition) is 3. The van der Waals surface area contributed by atoms with Gasteiger partial charge in [-0.15, -0.1) is 12.4 Å². The van der Waals surface area contributed by atoms with E-state index >= 15 is 0 Å². The fraction of sp³-hybridized carbons (Fsp3) is 0.500. The van der Waals surface area contributed by atoms with Crippen LogP contribution in [0.5, 0.6) is 0 Å². The van der Waals surface area contributed by atoms with Crippen molar-refractivity contribution in [2.45, 2.75) is 17.7 Å². The molecule has 0 atom stereocenters. The molecule has 0 saturated carbocycles. The average molecular weight is 343 g/mol. The van der Waals surface area contributed by atoms with Crippen molar-refractivity contribution in [3.63, 3.8) is 0 Å². The van der Waals surface area contributed by atoms with Gasteiger partial charge in [-0.2, -0.15) is 4.31 Å². The number of nitrogens with zero attached hydrogens (tertiary/aromatic N) is 1. The van der Waals surface area contributed by atoms with Crippen LogP contribution in [0.15, 0.2) is 23.1 Å². The summed E-state index contributed by atoms with van der Waals surface area (Å²) < 4.78 is 39.7. The molecule has 1 aromatic rings. The summed E-state index contributed by atoms with van der Waals surface area (Å²) in [5, 5.41) is 0.205. The molecule has 0 aromatic heterocycles. The van der Waals surface area contributed by atoms with Crippen molar-refractivity contribution in [3.8, 4) is 0 Å². The Bertz CT molecular complexity index is 561. The second-order valence-electron chi connectivity index (χ2n) is 4.66. The predicted octanol–water partition coefficient (Wildman–Crippen LogP) is 2.26. The van der Waals surface area contributed by atoms with Crippen LogP contribution in [0.1, 0.15) is 12.8 Å². The molecule has 4 nitrogen and oxygen atoms in total. The normalized spacial score (nSPS) is 17.8. The van der Waals surface area contributed by atoms with Gasteiger partial charge in [0.2, 0.25) is 10.0 Å². The molecule has 0 spiro atoms. The van der Waals surface area contributed by atoms with E-state index in [2.05, 4.69) is 0 Å². The van der Waals surface area contributed by atoms with E-state index in [1.807, 2.05) is 0 Å². The number of halogens is 3. The lowest BCUT2D eigenvalue weighted by atomic mass is 9.99. The molecule has 0 unspecified atom stereocenters. The lowest BCUT2D eigenvalue weighted by molar-refractivity contribution is 0.278. The molecule has 20 heavy (non-hydrogen) atoms. The summed E-state index contributed by atoms with van der Waals surface area (Å²) in [6.45, 7) is 1.30. The Labute approximate surface area is 129 Å². The molecule has 2 rings (SSSR count). The molecule has 0 aliphatic carbocycles. The van der Waals surface area contributed by atoms with Crippen molar-refractivity contribution >= 4 is 34.0 Å². The largest absolute Gasteiger partial charge is 0.330 e. The summed E-state index contributed by atoms with van der Waals surface area (Å²) in [5.41, 5.74) is 5.57. The van der Waals surface area contributed by atoms with Crippen molar-refractivity contribution in [1.82, 2.24) is 4.31 Å². The Morgan fingerprint density at radius 3 is 2.50 bits per heavy atom. The van der Waals surface area contributed by atoms with Gasteiger partial charge < -0.3 is 5.73 Å². The van der Waals surface area contributed by atoms with Crippen LogP contribution >= 0.6 is 24.0 Å². The monoisotopic (exact) mass is 342 g/mol. The maximum absolute atomic E-state index is 13.7. The smallest absolute Gasteiger partial charge is 0.246 e. The molecule has 8 heteroatoms. The van der Waals surface area contributed by atoms with Crippen LogP contribution in [0.3, 0.4) is 0 Å². The summed E-state index contributed by atoms with van der Waals surface area (Å²) in [5.74, 6) is -0.430. The van der Waals surface area contributed by atoms with Crippen molar-refractivity contribution < 1.29 is 12.8 Å². The molecular formula is C12H17Cl2FN2O2S. The van der Waals surface area contributed by atoms with Crippen LogP contribution in [-0.2, 0) is 10.0 Å². The van der Waals surface area contributed by atoms with Crippen LogP contribution < -0.4 is 5.73 Å². The third-order valence-electron chi connectivity index (χ3n) is 3.42. The highest BCUT2D eigenvalue weighted by atomic mass is 35.5. The first-order valence-electron chi connectivity index (χ1n) is 6.10. The highest BCUT2D eigenvalue weighted by molar-refractivity contribution is 7.89. The molecule has 1 fully saturated rings. The van der Waals surface area contributed by atoms with Gasteiger partial charge in [-0.25, -0.2) is 12.8 Å². The molecule has 0 amide bonds. The fourth-order valence-corrected chi connectivity index (χ4v) is 4.00. The Kier molecular flexibility index (Phi) is 6.22. The number of sulfonamides is 1. The Hall–Kier alpha value is -0.400. The summed E-state index contributed by atoms with van der Waals surface area (Å²) in [7, 11) is -3.81. The minimum absolute atomic E-state index is 0. The van der Waals surface area contributed by atoms with Crippen molar-refractivity contribution in [2.75, 3.05) is 19.6 Å². The van der Waals surface area contributed by atoms with E-state index in [0.29, 0.717) is 38.4 Å². The maximum Gasteiger partial charge on any atom is 0.246 e. The zero-order valence-electron chi connectivity index (χ0n) is 10.8. The molecule has 114 valence electrons. The third-order valence-corrected chi connectivity index (χ3v) is 5.57. The van der Waals surface area contributed by atoms with E-state index in [9.17, 15) is 12.8 Å². The molecule has 1 aliphatic heterocycles. The van der Waals surface area contributed by atoms with Crippen LogP contribution in [-0.4, -0.2) is 32.4 Å². The van der Waals surface area contributed by atoms with Gasteiger partial charge in [-0.1, -0.05) is 11.6 Å². The summed E-state index contributed by atoms with van der Waals surface area (Å²) in [4.78, 5) is -0.355. The van der Waals surface area contributed by atoms with Crippen molar-refractivity contribution in [2.24, 2.45) is 11.7 Å². The first-order chi connectivity index (χ1) is 8.95. The second-order valence-corrected chi connectivity index (χ2v) is 7.00. The van der Waals surface area contributed by atoms with Gasteiger partial charge in [0.1, 0.15) is 10.7 Å². The predicted molar refractivity (Wildman–Crippen MR) is 79.2 cm³/mol. The van der Waals surface area contributed by atoms with E-state index in [-0.39, 0.29) is 22.3 Å². The topological polar surface area (TPSA) is 63.4 Å². The summed E-state index contributed by atoms with van der Waals surface area (Å²) >= 11 is 5.74. The van der Waals surface area contributed by atoms with Gasteiger partial charge >= 0.3 is 0 Å². The van der Waals surface area contributed by atoms with Gasteiger partial charge in [0.05, 0.1) is 0 Å². The van der Waals surface area contributed by atoms with Crippen LogP contribution in [0.25, 0.3) is 0 Å². The molecule has 1 aromatic carbocycles. The quantitative estimate of drug-likeness (QED) is 0.916. The second kappa shape index (κ2) is 7.04. The van der Waals surface area contributed by atoms with Gasteiger partial charge in [-0.3, -0.25) is 0 Å². The van der Waals surface area contributed by atoms with E-state index in [1.54, 1.807) is 0 Å². The first kappa shape index (κ1) is 17.7. The van der Waals surface area contributed by atoms with Gasteiger partial charge in [0, 0.05) is 18.1 Å². The standard InChI is InChI=1S/C12H16ClFN2O2S.ClH/c13-10-1-2-11(14)12(7-10)19(17,18)16-5-3-9(8-15)4-6-16;/h1-2,7,9H,3-6,8,15H2;1H. The molecule has 1 heterocycles. The minimum atomic E-state index is -3.81. The van der Waals surface area contributed by atoms with Crippen molar-refractivity contribution in [1.29, 1.82) is 0 Å². The molecule has 2 N–H and O–H groups in total. The highest BCUT2D eigenvalue weighted by Gasteiger charge is 2.31. The van der Waals surface area contributed by atoms with E-state index in [0.717, 1.165) is 12.1 Å². The highest BCUT2D eigenvalue weighted by Crippen LogP contribution is 2.26. The lowest BCUT2D eigenvalue weighted by Crippen LogP contribution is -2.40. The Morgan fingerprint density at radius 2 is 1.95 bits per heavy atom. The third kappa shape index (κ3) is 3.62. The average Bonchev–Trinajstić information content (AvgIpc) is 2.41. The number of nitrogens with two attached hydrogens (primary N) is 1. The zero-order valence-corrected chi connectivity index (χ0v) is 13.1. The molecule has 0 bridgehead atoms. The summed E-state index contributed by atoms with van der Waals surface area (Å²) in [6.07, 6.45) is 1.41. The van der Waals surface area contributed by atoms with E-state index in [1.165, 1.54) is 10.4 Å². The number of hydrogen-bond donors (Lipinski definition) is 1. The molecular weight excluding hydrogens is 326 g/mol. The van der Waals surface area contributed by atoms with Crippen molar-refractivity contribution in [3.05, 3.63) is 29.0 Å².